The Morgan fingerprint density at radius 2 is 1.93 bits per heavy atom. The second kappa shape index (κ2) is 4.19. The molecular weight excluding hydrogens is 172 g/mol. The molecule has 0 amide bonds. The molecule has 2 saturated carbocycles. The van der Waals surface area contributed by atoms with E-state index in [1.807, 2.05) is 0 Å². The molecule has 0 heterocycles. The fraction of sp³-hybridized carbons (Fsp3) is 1.00. The van der Waals surface area contributed by atoms with Gasteiger partial charge >= 0.3 is 0 Å². The van der Waals surface area contributed by atoms with Crippen molar-refractivity contribution in [3.63, 3.8) is 0 Å². The Labute approximate surface area is 87.8 Å². The molecule has 0 aliphatic heterocycles. The van der Waals surface area contributed by atoms with E-state index in [4.69, 9.17) is 5.73 Å². The lowest BCUT2D eigenvalue weighted by Crippen LogP contribution is -2.49. The van der Waals surface area contributed by atoms with Crippen LogP contribution < -0.4 is 5.73 Å². The Balaban J connectivity index is 1.85. The van der Waals surface area contributed by atoms with Gasteiger partial charge in [-0.15, -0.1) is 0 Å². The van der Waals surface area contributed by atoms with E-state index in [-0.39, 0.29) is 5.54 Å². The summed E-state index contributed by atoms with van der Waals surface area (Å²) >= 11 is 0. The summed E-state index contributed by atoms with van der Waals surface area (Å²) in [6.45, 7) is 4.68. The van der Waals surface area contributed by atoms with Gasteiger partial charge < -0.3 is 5.73 Å². The Morgan fingerprint density at radius 3 is 2.43 bits per heavy atom. The number of nitrogens with zero attached hydrogens (tertiary/aromatic N) is 1. The molecule has 0 radical (unpaired) electrons. The third kappa shape index (κ3) is 2.48. The van der Waals surface area contributed by atoms with Gasteiger partial charge in [-0.1, -0.05) is 19.8 Å². The maximum absolute atomic E-state index is 6.41. The molecule has 2 N–H and O–H groups in total. The van der Waals surface area contributed by atoms with Crippen LogP contribution in [0.5, 0.6) is 0 Å². The topological polar surface area (TPSA) is 29.3 Å². The lowest BCUT2D eigenvalue weighted by molar-refractivity contribution is 0.200. The highest BCUT2D eigenvalue weighted by Gasteiger charge is 2.36. The first kappa shape index (κ1) is 10.4. The van der Waals surface area contributed by atoms with E-state index in [2.05, 4.69) is 11.8 Å². The molecule has 0 aromatic heterocycles. The van der Waals surface area contributed by atoms with Crippen LogP contribution >= 0.6 is 0 Å². The summed E-state index contributed by atoms with van der Waals surface area (Å²) in [6.07, 6.45) is 9.29. The van der Waals surface area contributed by atoms with Crippen LogP contribution in [0.3, 0.4) is 0 Å². The zero-order valence-electron chi connectivity index (χ0n) is 9.47. The average molecular weight is 196 g/mol. The zero-order chi connectivity index (χ0) is 10.0. The molecule has 2 aliphatic rings. The molecule has 0 bridgehead atoms. The molecule has 2 aliphatic carbocycles. The first-order chi connectivity index (χ1) is 6.73. The van der Waals surface area contributed by atoms with Crippen molar-refractivity contribution in [1.29, 1.82) is 0 Å². The predicted octanol–water partition coefficient (Wildman–Crippen LogP) is 2.13. The molecule has 14 heavy (non-hydrogen) atoms. The van der Waals surface area contributed by atoms with E-state index in [0.717, 1.165) is 12.6 Å². The van der Waals surface area contributed by atoms with Crippen LogP contribution in [0.1, 0.15) is 51.9 Å². The summed E-state index contributed by atoms with van der Waals surface area (Å²) in [7, 11) is 0. The second-order valence-electron chi connectivity index (χ2n) is 5.27. The molecule has 2 rings (SSSR count). The summed E-state index contributed by atoms with van der Waals surface area (Å²) in [6, 6.07) is 0.885. The van der Waals surface area contributed by atoms with Crippen molar-refractivity contribution < 1.29 is 0 Å². The Bertz CT molecular complexity index is 181. The lowest BCUT2D eigenvalue weighted by Gasteiger charge is -2.32. The Hall–Kier alpha value is -0.0800. The third-order valence-electron chi connectivity index (χ3n) is 3.69. The summed E-state index contributed by atoms with van der Waals surface area (Å²) in [5.74, 6) is 0. The highest BCUT2D eigenvalue weighted by Crippen LogP contribution is 2.33. The van der Waals surface area contributed by atoms with Crippen molar-refractivity contribution >= 4 is 0 Å². The third-order valence-corrected chi connectivity index (χ3v) is 3.69. The normalized spacial score (nSPS) is 25.9. The van der Waals surface area contributed by atoms with Gasteiger partial charge in [0.15, 0.2) is 0 Å². The van der Waals surface area contributed by atoms with Crippen molar-refractivity contribution in [3.05, 3.63) is 0 Å². The maximum atomic E-state index is 6.41. The van der Waals surface area contributed by atoms with Crippen LogP contribution in [0.25, 0.3) is 0 Å². The molecule has 2 heteroatoms. The Morgan fingerprint density at radius 1 is 1.29 bits per heavy atom. The van der Waals surface area contributed by atoms with E-state index in [9.17, 15) is 0 Å². The molecule has 82 valence electrons. The molecule has 0 atom stereocenters. The van der Waals surface area contributed by atoms with Crippen molar-refractivity contribution in [1.82, 2.24) is 4.90 Å². The quantitative estimate of drug-likeness (QED) is 0.730. The highest BCUT2D eigenvalue weighted by molar-refractivity contribution is 4.95. The monoisotopic (exact) mass is 196 g/mol. The molecule has 2 fully saturated rings. The molecule has 0 aromatic carbocycles. The predicted molar refractivity (Wildman–Crippen MR) is 60.3 cm³/mol. The number of hydrogen-bond donors (Lipinski definition) is 1. The largest absolute Gasteiger partial charge is 0.324 e. The summed E-state index contributed by atoms with van der Waals surface area (Å²) in [5, 5.41) is 0. The molecule has 0 spiro atoms. The van der Waals surface area contributed by atoms with Crippen LogP contribution in [0.2, 0.25) is 0 Å². The number of rotatable bonds is 5. The summed E-state index contributed by atoms with van der Waals surface area (Å²) in [5.41, 5.74) is 6.58. The molecule has 0 saturated heterocycles. The fourth-order valence-electron chi connectivity index (χ4n) is 2.76. The van der Waals surface area contributed by atoms with Gasteiger partial charge in [-0.2, -0.15) is 0 Å². The smallest absolute Gasteiger partial charge is 0.0283 e. The van der Waals surface area contributed by atoms with Crippen LogP contribution in [0, 0.1) is 0 Å². The zero-order valence-corrected chi connectivity index (χ0v) is 9.47. The van der Waals surface area contributed by atoms with Crippen molar-refractivity contribution in [3.8, 4) is 0 Å². The van der Waals surface area contributed by atoms with E-state index in [1.165, 1.54) is 51.5 Å². The van der Waals surface area contributed by atoms with Crippen LogP contribution in [0.4, 0.5) is 0 Å². The second-order valence-corrected chi connectivity index (χ2v) is 5.27. The standard InChI is InChI=1S/C12H24N2/c1-2-9-14(11-5-6-11)10-12(13)7-3-4-8-12/h11H,2-10,13H2,1H3. The fourth-order valence-corrected chi connectivity index (χ4v) is 2.76. The van der Waals surface area contributed by atoms with Crippen LogP contribution in [-0.4, -0.2) is 29.6 Å². The SMILES string of the molecule is CCCN(CC1(N)CCCC1)C1CC1. The first-order valence-electron chi connectivity index (χ1n) is 6.26. The van der Waals surface area contributed by atoms with Gasteiger partial charge in [-0.3, -0.25) is 4.90 Å². The highest BCUT2D eigenvalue weighted by atomic mass is 15.2. The Kier molecular flexibility index (Phi) is 3.13. The first-order valence-corrected chi connectivity index (χ1v) is 6.26. The van der Waals surface area contributed by atoms with Crippen molar-refractivity contribution in [2.24, 2.45) is 5.73 Å². The van der Waals surface area contributed by atoms with Gasteiger partial charge in [-0.25, -0.2) is 0 Å². The summed E-state index contributed by atoms with van der Waals surface area (Å²) < 4.78 is 0. The van der Waals surface area contributed by atoms with Gasteiger partial charge in [0, 0.05) is 18.1 Å². The average Bonchev–Trinajstić information content (AvgIpc) is 2.91. The lowest BCUT2D eigenvalue weighted by atomic mass is 9.98. The minimum absolute atomic E-state index is 0.164. The minimum Gasteiger partial charge on any atom is -0.324 e. The van der Waals surface area contributed by atoms with Gasteiger partial charge in [-0.05, 0) is 38.6 Å². The molecule has 2 nitrogen and oxygen atoms in total. The van der Waals surface area contributed by atoms with E-state index < -0.39 is 0 Å². The molecule has 0 unspecified atom stereocenters. The van der Waals surface area contributed by atoms with Gasteiger partial charge in [0.05, 0.1) is 0 Å². The van der Waals surface area contributed by atoms with Crippen LogP contribution in [0.15, 0.2) is 0 Å². The molecular formula is C12H24N2. The van der Waals surface area contributed by atoms with Gasteiger partial charge in [0.25, 0.3) is 0 Å². The van der Waals surface area contributed by atoms with Crippen LogP contribution in [-0.2, 0) is 0 Å². The van der Waals surface area contributed by atoms with Gasteiger partial charge in [0.1, 0.15) is 0 Å². The van der Waals surface area contributed by atoms with E-state index >= 15 is 0 Å². The molecule has 0 aromatic rings. The maximum Gasteiger partial charge on any atom is 0.0283 e. The summed E-state index contributed by atoms with van der Waals surface area (Å²) in [4.78, 5) is 2.64. The van der Waals surface area contributed by atoms with Crippen molar-refractivity contribution in [2.75, 3.05) is 13.1 Å². The van der Waals surface area contributed by atoms with E-state index in [1.54, 1.807) is 0 Å². The van der Waals surface area contributed by atoms with Gasteiger partial charge in [0.2, 0.25) is 0 Å². The number of hydrogen-bond acceptors (Lipinski definition) is 2. The van der Waals surface area contributed by atoms with Crippen molar-refractivity contribution in [2.45, 2.75) is 63.5 Å². The minimum atomic E-state index is 0.164. The van der Waals surface area contributed by atoms with E-state index in [0.29, 0.717) is 0 Å². The number of nitrogens with two attached hydrogens (primary N) is 1.